The third-order valence-corrected chi connectivity index (χ3v) is 19.1. The number of amides is 3. The van der Waals surface area contributed by atoms with Crippen molar-refractivity contribution in [2.24, 2.45) is 5.92 Å². The van der Waals surface area contributed by atoms with E-state index in [2.05, 4.69) is 32.3 Å². The molecule has 0 saturated heterocycles. The van der Waals surface area contributed by atoms with Crippen LogP contribution in [0.25, 0.3) is 22.0 Å². The summed E-state index contributed by atoms with van der Waals surface area (Å²) >= 11 is 3.20. The molecule has 2 aromatic carbocycles. The molecule has 1 unspecified atom stereocenters. The highest BCUT2D eigenvalue weighted by atomic mass is 35.5. The van der Waals surface area contributed by atoms with Gasteiger partial charge in [-0.2, -0.15) is 45.3 Å². The average Bonchev–Trinajstić information content (AvgIpc) is 1.52. The molecule has 7 rings (SSSR count). The van der Waals surface area contributed by atoms with Crippen LogP contribution in [-0.2, 0) is 101 Å². The minimum Gasteiger partial charge on any atom is -0.755 e. The van der Waals surface area contributed by atoms with Crippen LogP contribution in [0.15, 0.2) is 42.5 Å². The van der Waals surface area contributed by atoms with Crippen molar-refractivity contribution in [2.75, 3.05) is 26.1 Å². The normalized spacial score (nSPS) is 16.5. The number of nitrogens with one attached hydrogen (secondary N) is 1. The van der Waals surface area contributed by atoms with E-state index in [0.29, 0.717) is 10.7 Å². The number of carbonyl (C=O) groups is 4. The zero-order valence-electron chi connectivity index (χ0n) is 53.1. The average molecular weight is 1430 g/mol. The van der Waals surface area contributed by atoms with Gasteiger partial charge in [0, 0.05) is 53.3 Å². The number of pyridine rings is 1. The summed E-state index contributed by atoms with van der Waals surface area (Å²) in [6, 6.07) is 4.74. The molecule has 5 aromatic rings. The van der Waals surface area contributed by atoms with Gasteiger partial charge in [-0.05, 0) is 143 Å². The van der Waals surface area contributed by atoms with Crippen LogP contribution >= 0.6 is 19.4 Å². The van der Waals surface area contributed by atoms with Gasteiger partial charge in [-0.25, -0.2) is 36.1 Å². The zero-order valence-corrected chi connectivity index (χ0v) is 56.4. The minimum atomic E-state index is -5.26. The van der Waals surface area contributed by atoms with E-state index in [1.807, 2.05) is 0 Å². The fourth-order valence-electron chi connectivity index (χ4n) is 10.1. The van der Waals surface area contributed by atoms with Crippen molar-refractivity contribution in [3.63, 3.8) is 0 Å². The first-order chi connectivity index (χ1) is 43.4. The molecule has 0 aliphatic heterocycles. The molecule has 3 aromatic heterocycles. The third-order valence-electron chi connectivity index (χ3n) is 14.1. The molecule has 0 spiro atoms. The number of ether oxygens (including phenoxy) is 2. The van der Waals surface area contributed by atoms with Gasteiger partial charge in [-0.1, -0.05) is 23.6 Å². The SMILES string of the molecule is CC(C)(C)OC(=O)CN(CCCC(=O)N(Cc1nn(CC(F)(F)F)c2c(-c3ccc(C#CC(C)(C)S(C)(=O)=O)nc3[C@H](Cc3cc(F)cc(F)c3)NC(=O)Cn3nc(C(F)(F)F)c4c3C(F)(F)[C@@H]3C[C@H]43)ccc(Cl)c12)S(=O)[O-])C(=O)OCOP(=O)(OC(C)(C)C)OC(C)(C)C. The number of phosphoric acid groups is 1. The number of benzene rings is 2. The first-order valence-corrected chi connectivity index (χ1v) is 33.6. The molecule has 3 amide bonds. The monoisotopic (exact) mass is 1430 g/mol. The molecule has 522 valence electrons. The lowest BCUT2D eigenvalue weighted by atomic mass is 9.93. The van der Waals surface area contributed by atoms with Gasteiger partial charge < -0.3 is 19.3 Å². The molecule has 36 heteroatoms. The van der Waals surface area contributed by atoms with E-state index in [1.165, 1.54) is 34.6 Å². The second-order valence-corrected chi connectivity index (χ2v) is 31.3. The highest BCUT2D eigenvalue weighted by Gasteiger charge is 2.68. The summed E-state index contributed by atoms with van der Waals surface area (Å²) in [4.78, 5) is 60.3. The van der Waals surface area contributed by atoms with Crippen LogP contribution < -0.4 is 5.32 Å². The number of esters is 1. The Morgan fingerprint density at radius 3 is 2.06 bits per heavy atom. The van der Waals surface area contributed by atoms with Gasteiger partial charge in [-0.15, -0.1) is 0 Å². The van der Waals surface area contributed by atoms with Crippen LogP contribution in [-0.4, -0.2) is 129 Å². The van der Waals surface area contributed by atoms with E-state index in [4.69, 9.17) is 34.6 Å². The molecular formula is C59H67ClF10N8O14PS2-. The van der Waals surface area contributed by atoms with Crippen LogP contribution in [0.1, 0.15) is 147 Å². The maximum Gasteiger partial charge on any atom is 0.478 e. The molecular weight excluding hydrogens is 1370 g/mol. The van der Waals surface area contributed by atoms with Crippen LogP contribution in [0, 0.1) is 29.4 Å². The van der Waals surface area contributed by atoms with Gasteiger partial charge in [0.1, 0.15) is 53.0 Å². The van der Waals surface area contributed by atoms with Gasteiger partial charge in [0.15, 0.2) is 15.5 Å². The largest absolute Gasteiger partial charge is 0.755 e. The van der Waals surface area contributed by atoms with E-state index < -0.39 is 225 Å². The number of aromatic nitrogens is 5. The maximum absolute atomic E-state index is 15.8. The first kappa shape index (κ1) is 75.6. The van der Waals surface area contributed by atoms with Crippen LogP contribution in [0.4, 0.5) is 48.7 Å². The predicted molar refractivity (Wildman–Crippen MR) is 321 cm³/mol. The van der Waals surface area contributed by atoms with Crippen molar-refractivity contribution in [3.05, 3.63) is 98.7 Å². The number of hydrogen-bond acceptors (Lipinski definition) is 17. The minimum absolute atomic E-state index is 0.156. The van der Waals surface area contributed by atoms with Gasteiger partial charge in [0.25, 0.3) is 5.92 Å². The lowest BCUT2D eigenvalue weighted by molar-refractivity contribution is -0.156. The van der Waals surface area contributed by atoms with Crippen molar-refractivity contribution in [2.45, 2.75) is 173 Å². The molecule has 1 fully saturated rings. The van der Waals surface area contributed by atoms with Crippen molar-refractivity contribution < 1.29 is 108 Å². The second-order valence-electron chi connectivity index (χ2n) is 25.9. The number of phosphoric ester groups is 1. The summed E-state index contributed by atoms with van der Waals surface area (Å²) in [6.07, 6.45) is -13.1. The van der Waals surface area contributed by atoms with Gasteiger partial charge >= 0.3 is 32.2 Å². The molecule has 4 atom stereocenters. The summed E-state index contributed by atoms with van der Waals surface area (Å²) in [7, 11) is -8.42. The fourth-order valence-corrected chi connectivity index (χ4v) is 12.8. The van der Waals surface area contributed by atoms with Crippen molar-refractivity contribution in [1.29, 1.82) is 0 Å². The van der Waals surface area contributed by atoms with Crippen molar-refractivity contribution in [3.8, 4) is 23.0 Å². The van der Waals surface area contributed by atoms with E-state index in [9.17, 15) is 76.0 Å². The molecule has 1 saturated carbocycles. The number of carbonyl (C=O) groups excluding carboxylic acids is 4. The fraction of sp³-hybridized carbons (Fsp3) is 0.542. The summed E-state index contributed by atoms with van der Waals surface area (Å²) < 4.78 is 240. The summed E-state index contributed by atoms with van der Waals surface area (Å²) in [5.41, 5.74) is -9.85. The van der Waals surface area contributed by atoms with E-state index >= 15 is 8.78 Å². The third kappa shape index (κ3) is 19.3. The van der Waals surface area contributed by atoms with Crippen LogP contribution in [0.3, 0.4) is 0 Å². The number of fused-ring (bicyclic) bond motifs is 4. The Morgan fingerprint density at radius 1 is 0.895 bits per heavy atom. The van der Waals surface area contributed by atoms with Gasteiger partial charge in [0.2, 0.25) is 18.6 Å². The Labute approximate surface area is 547 Å². The summed E-state index contributed by atoms with van der Waals surface area (Å²) in [5.74, 6) is -7.47. The molecule has 95 heavy (non-hydrogen) atoms. The van der Waals surface area contributed by atoms with Crippen molar-refractivity contribution >= 4 is 75.3 Å². The van der Waals surface area contributed by atoms with Crippen LogP contribution in [0.2, 0.25) is 5.02 Å². The van der Waals surface area contributed by atoms with Crippen LogP contribution in [0.5, 0.6) is 0 Å². The lowest BCUT2D eigenvalue weighted by Gasteiger charge is -2.31. The summed E-state index contributed by atoms with van der Waals surface area (Å²) in [5, 5.41) is 9.07. The number of nitrogens with zero attached hydrogens (tertiary/aromatic N) is 7. The van der Waals surface area contributed by atoms with Gasteiger partial charge in [0.05, 0.1) is 57.0 Å². The maximum atomic E-state index is 15.8. The number of sulfone groups is 1. The number of rotatable bonds is 23. The number of halogens is 11. The van der Waals surface area contributed by atoms with Gasteiger partial charge in [-0.3, -0.25) is 46.2 Å². The quantitative estimate of drug-likeness (QED) is 0.0159. The summed E-state index contributed by atoms with van der Waals surface area (Å²) in [6.45, 7) is 9.37. The standard InChI is InChI=1S/C59H68ClF10N8O14PS2/c1-53(2,3)90-45(81)29-75(52(82)88-31-89-93(83,91-54(4,5)6)92-55(7,8)9)21-13-14-44(80)78(94(84)85)27-42-47-40(60)18-17-37(49(47)77(73-42)30-57(63,64)65)36-16-15-35(19-20-56(10,11)95(12,86)87)71-48(36)41(24-32-22-33(61)25-34(62)23-32)72-43(79)28-76-51-46(50(74-76)59(68,69)70)38-26-39(38)58(51,66)67/h15-18,22-23,25,38-39,41H,13-14,21,24,26-31H2,1-12H3,(H,72,79)(H,84,85)/p-1/t38-,39+,41-/m0/s1. The number of alkyl halides is 8. The van der Waals surface area contributed by atoms with Crippen molar-refractivity contribution in [1.82, 2.24) is 39.1 Å². The lowest BCUT2D eigenvalue weighted by Crippen LogP contribution is -2.40. The highest BCUT2D eigenvalue weighted by Crippen LogP contribution is 2.68. The Bertz CT molecular complexity index is 4020. The highest BCUT2D eigenvalue weighted by molar-refractivity contribution is 7.92. The van der Waals surface area contributed by atoms with E-state index in [0.717, 1.165) is 47.6 Å². The Balaban J connectivity index is 1.29. The zero-order chi connectivity index (χ0) is 71.3. The molecule has 2 aliphatic carbocycles. The Kier molecular flexibility index (Phi) is 22.0. The molecule has 3 heterocycles. The molecule has 0 radical (unpaired) electrons. The van der Waals surface area contributed by atoms with E-state index in [-0.39, 0.29) is 37.8 Å². The number of hydrogen-bond donors (Lipinski definition) is 1. The molecule has 2 aliphatic rings. The first-order valence-electron chi connectivity index (χ1n) is 28.8. The molecule has 22 nitrogen and oxygen atoms in total. The Morgan fingerprint density at radius 2 is 1.51 bits per heavy atom. The topological polar surface area (TPSA) is 273 Å². The predicted octanol–water partition coefficient (Wildman–Crippen LogP) is 11.7. The molecule has 0 bridgehead atoms. The molecule has 1 N–H and O–H groups in total. The second kappa shape index (κ2) is 27.6. The smallest absolute Gasteiger partial charge is 0.478 e. The Hall–Kier alpha value is -6.73. The van der Waals surface area contributed by atoms with E-state index in [1.54, 1.807) is 41.5 Å².